The smallest absolute Gasteiger partial charge is 0.00781 e. The zero-order valence-corrected chi connectivity index (χ0v) is 13.0. The average molecular weight is 259 g/mol. The minimum atomic E-state index is 0.364. The fourth-order valence-electron chi connectivity index (χ4n) is 3.26. The van der Waals surface area contributed by atoms with E-state index in [1.165, 1.54) is 31.2 Å². The van der Waals surface area contributed by atoms with Crippen molar-refractivity contribution in [1.29, 1.82) is 0 Å². The van der Waals surface area contributed by atoms with Crippen molar-refractivity contribution in [3.8, 4) is 0 Å². The van der Waals surface area contributed by atoms with Gasteiger partial charge in [-0.25, -0.2) is 0 Å². The molecule has 1 aromatic rings. The summed E-state index contributed by atoms with van der Waals surface area (Å²) in [7, 11) is 0. The van der Waals surface area contributed by atoms with Crippen LogP contribution in [0.2, 0.25) is 0 Å². The third-order valence-corrected chi connectivity index (χ3v) is 4.71. The molecule has 1 aliphatic rings. The summed E-state index contributed by atoms with van der Waals surface area (Å²) in [5, 5.41) is 3.69. The van der Waals surface area contributed by atoms with Crippen molar-refractivity contribution in [3.63, 3.8) is 0 Å². The van der Waals surface area contributed by atoms with Gasteiger partial charge in [0, 0.05) is 18.0 Å². The summed E-state index contributed by atoms with van der Waals surface area (Å²) in [6, 6.07) is 9.74. The third kappa shape index (κ3) is 3.60. The Labute approximate surface area is 118 Å². The molecule has 0 saturated heterocycles. The fourth-order valence-corrected chi connectivity index (χ4v) is 3.26. The molecule has 0 bridgehead atoms. The Morgan fingerprint density at radius 1 is 1.26 bits per heavy atom. The van der Waals surface area contributed by atoms with Crippen molar-refractivity contribution in [3.05, 3.63) is 35.4 Å². The van der Waals surface area contributed by atoms with E-state index in [1.807, 2.05) is 0 Å². The topological polar surface area (TPSA) is 12.0 Å². The van der Waals surface area contributed by atoms with Crippen LogP contribution in [0.5, 0.6) is 0 Å². The molecule has 2 rings (SSSR count). The first kappa shape index (κ1) is 14.6. The lowest BCUT2D eigenvalue weighted by atomic mass is 9.66. The first-order valence-electron chi connectivity index (χ1n) is 7.82. The van der Waals surface area contributed by atoms with Gasteiger partial charge in [0.15, 0.2) is 0 Å². The molecule has 1 nitrogen and oxygen atoms in total. The fraction of sp³-hybridized carbons (Fsp3) is 0.667. The molecule has 1 N–H and O–H groups in total. The van der Waals surface area contributed by atoms with Crippen LogP contribution in [0, 0.1) is 12.8 Å². The highest BCUT2D eigenvalue weighted by atomic mass is 14.9. The Bertz CT molecular complexity index is 400. The molecule has 0 heterocycles. The summed E-state index contributed by atoms with van der Waals surface area (Å²) in [5.41, 5.74) is 3.30. The summed E-state index contributed by atoms with van der Waals surface area (Å²) < 4.78 is 0. The van der Waals surface area contributed by atoms with Crippen molar-refractivity contribution < 1.29 is 0 Å². The van der Waals surface area contributed by atoms with Gasteiger partial charge in [-0.05, 0) is 44.1 Å². The summed E-state index contributed by atoms with van der Waals surface area (Å²) in [6.07, 6.45) is 5.40. The Hall–Kier alpha value is -0.820. The minimum Gasteiger partial charge on any atom is -0.314 e. The highest BCUT2D eigenvalue weighted by Crippen LogP contribution is 2.41. The molecule has 0 atom stereocenters. The Kier molecular flexibility index (Phi) is 4.67. The summed E-state index contributed by atoms with van der Waals surface area (Å²) in [6.45, 7) is 10.2. The van der Waals surface area contributed by atoms with Crippen LogP contribution in [0.15, 0.2) is 24.3 Å². The van der Waals surface area contributed by atoms with Gasteiger partial charge in [-0.2, -0.15) is 0 Å². The van der Waals surface area contributed by atoms with Crippen LogP contribution in [-0.2, 0) is 5.41 Å². The van der Waals surface area contributed by atoms with Crippen LogP contribution in [0.1, 0.15) is 57.6 Å². The monoisotopic (exact) mass is 259 g/mol. The Morgan fingerprint density at radius 2 is 1.95 bits per heavy atom. The van der Waals surface area contributed by atoms with Gasteiger partial charge >= 0.3 is 0 Å². The van der Waals surface area contributed by atoms with Crippen molar-refractivity contribution in [2.75, 3.05) is 6.54 Å². The highest BCUT2D eigenvalue weighted by molar-refractivity contribution is 5.31. The summed E-state index contributed by atoms with van der Waals surface area (Å²) in [5.74, 6) is 0.900. The van der Waals surface area contributed by atoms with Gasteiger partial charge in [0.2, 0.25) is 0 Å². The quantitative estimate of drug-likeness (QED) is 0.843. The number of rotatable bonds is 4. The zero-order chi connectivity index (χ0) is 13.9. The molecule has 19 heavy (non-hydrogen) atoms. The molecule has 0 aliphatic heterocycles. The van der Waals surface area contributed by atoms with Crippen LogP contribution in [0.3, 0.4) is 0 Å². The van der Waals surface area contributed by atoms with Crippen molar-refractivity contribution >= 4 is 0 Å². The number of hydrogen-bond acceptors (Lipinski definition) is 1. The molecule has 106 valence electrons. The molecule has 0 spiro atoms. The van der Waals surface area contributed by atoms with E-state index < -0.39 is 0 Å². The first-order chi connectivity index (χ1) is 9.02. The maximum atomic E-state index is 3.69. The van der Waals surface area contributed by atoms with Gasteiger partial charge < -0.3 is 5.32 Å². The van der Waals surface area contributed by atoms with Gasteiger partial charge in [-0.15, -0.1) is 0 Å². The van der Waals surface area contributed by atoms with Gasteiger partial charge in [0.25, 0.3) is 0 Å². The number of hydrogen-bond donors (Lipinski definition) is 1. The van der Waals surface area contributed by atoms with Gasteiger partial charge in [-0.1, -0.05) is 50.6 Å². The first-order valence-corrected chi connectivity index (χ1v) is 7.82. The van der Waals surface area contributed by atoms with E-state index in [0.29, 0.717) is 11.5 Å². The lowest BCUT2D eigenvalue weighted by Crippen LogP contribution is -2.43. The maximum absolute atomic E-state index is 3.69. The SMILES string of the molecule is Cc1cccc(C2(CNC(C)C)CCC(C)CC2)c1. The molecule has 1 heteroatoms. The van der Waals surface area contributed by atoms with E-state index >= 15 is 0 Å². The summed E-state index contributed by atoms with van der Waals surface area (Å²) in [4.78, 5) is 0. The third-order valence-electron chi connectivity index (χ3n) is 4.71. The number of nitrogens with one attached hydrogen (secondary N) is 1. The molecule has 1 saturated carbocycles. The van der Waals surface area contributed by atoms with Crippen molar-refractivity contribution in [2.45, 2.75) is 64.8 Å². The van der Waals surface area contributed by atoms with E-state index in [1.54, 1.807) is 5.56 Å². The average Bonchev–Trinajstić information content (AvgIpc) is 2.38. The van der Waals surface area contributed by atoms with Gasteiger partial charge in [-0.3, -0.25) is 0 Å². The lowest BCUT2D eigenvalue weighted by Gasteiger charge is -2.41. The molecule has 0 aromatic heterocycles. The van der Waals surface area contributed by atoms with E-state index in [-0.39, 0.29) is 0 Å². The van der Waals surface area contributed by atoms with Crippen LogP contribution in [0.25, 0.3) is 0 Å². The van der Waals surface area contributed by atoms with Crippen LogP contribution in [0.4, 0.5) is 0 Å². The molecule has 1 aromatic carbocycles. The van der Waals surface area contributed by atoms with Crippen LogP contribution in [-0.4, -0.2) is 12.6 Å². The van der Waals surface area contributed by atoms with E-state index in [0.717, 1.165) is 12.5 Å². The highest BCUT2D eigenvalue weighted by Gasteiger charge is 2.35. The van der Waals surface area contributed by atoms with E-state index in [4.69, 9.17) is 0 Å². The minimum absolute atomic E-state index is 0.364. The molecular weight excluding hydrogens is 230 g/mol. The number of aryl methyl sites for hydroxylation is 1. The molecule has 0 radical (unpaired) electrons. The van der Waals surface area contributed by atoms with Crippen LogP contribution < -0.4 is 5.32 Å². The molecule has 1 aliphatic carbocycles. The van der Waals surface area contributed by atoms with Crippen molar-refractivity contribution in [1.82, 2.24) is 5.32 Å². The second-order valence-electron chi connectivity index (χ2n) is 6.87. The Balaban J connectivity index is 2.23. The second-order valence-corrected chi connectivity index (χ2v) is 6.87. The predicted molar refractivity (Wildman–Crippen MR) is 83.6 cm³/mol. The van der Waals surface area contributed by atoms with Crippen LogP contribution >= 0.6 is 0 Å². The number of benzene rings is 1. The lowest BCUT2D eigenvalue weighted by molar-refractivity contribution is 0.229. The largest absolute Gasteiger partial charge is 0.314 e. The van der Waals surface area contributed by atoms with Gasteiger partial charge in [0.05, 0.1) is 0 Å². The molecule has 0 unspecified atom stereocenters. The van der Waals surface area contributed by atoms with E-state index in [2.05, 4.69) is 57.3 Å². The zero-order valence-electron chi connectivity index (χ0n) is 13.0. The standard InChI is InChI=1S/C18H29N/c1-14(2)19-13-18(10-8-15(3)9-11-18)17-7-5-6-16(4)12-17/h5-7,12,14-15,19H,8-11,13H2,1-4H3. The second kappa shape index (κ2) is 6.09. The van der Waals surface area contributed by atoms with Crippen molar-refractivity contribution in [2.24, 2.45) is 5.92 Å². The molecular formula is C18H29N. The molecule has 0 amide bonds. The summed E-state index contributed by atoms with van der Waals surface area (Å²) >= 11 is 0. The predicted octanol–water partition coefficient (Wildman–Crippen LogP) is 4.44. The molecule has 1 fully saturated rings. The van der Waals surface area contributed by atoms with Gasteiger partial charge in [0.1, 0.15) is 0 Å². The maximum Gasteiger partial charge on any atom is 0.00781 e. The Morgan fingerprint density at radius 3 is 2.53 bits per heavy atom. The van der Waals surface area contributed by atoms with E-state index in [9.17, 15) is 0 Å². The normalized spacial score (nSPS) is 27.7.